The van der Waals surface area contributed by atoms with Crippen LogP contribution in [0.3, 0.4) is 0 Å². The van der Waals surface area contributed by atoms with Crippen molar-refractivity contribution in [3.8, 4) is 5.75 Å². The topological polar surface area (TPSA) is 57.7 Å². The van der Waals surface area contributed by atoms with E-state index in [1.54, 1.807) is 0 Å². The number of piperazine rings is 1. The molecule has 2 aromatic carbocycles. The fraction of sp³-hybridized carbons (Fsp3) is 0.385. The predicted octanol–water partition coefficient (Wildman–Crippen LogP) is 3.71. The molecule has 1 N–H and O–H groups in total. The van der Waals surface area contributed by atoms with E-state index in [4.69, 9.17) is 9.72 Å². The highest BCUT2D eigenvalue weighted by atomic mass is 16.5. The minimum Gasteiger partial charge on any atom is -0.494 e. The molecule has 6 nitrogen and oxygen atoms in total. The number of amides is 1. The number of carbonyl (C=O) groups excluding carboxylic acids is 1. The SMILES string of the molecule is O=C1CCc2cc(OCCCN3CCN(Cc4ccc5ccccc5n4)CC3)ccc2N1. The lowest BCUT2D eigenvalue weighted by Gasteiger charge is -2.34. The summed E-state index contributed by atoms with van der Waals surface area (Å²) in [6.45, 7) is 7.02. The monoisotopic (exact) mass is 430 g/mol. The average Bonchev–Trinajstić information content (AvgIpc) is 2.83. The van der Waals surface area contributed by atoms with Crippen molar-refractivity contribution in [3.05, 3.63) is 65.9 Å². The number of aromatic nitrogens is 1. The molecule has 3 heterocycles. The van der Waals surface area contributed by atoms with E-state index in [-0.39, 0.29) is 5.91 Å². The lowest BCUT2D eigenvalue weighted by molar-refractivity contribution is -0.116. The maximum atomic E-state index is 11.5. The van der Waals surface area contributed by atoms with Crippen molar-refractivity contribution < 1.29 is 9.53 Å². The summed E-state index contributed by atoms with van der Waals surface area (Å²) in [5.41, 5.74) is 4.31. The molecule has 1 saturated heterocycles. The summed E-state index contributed by atoms with van der Waals surface area (Å²) >= 11 is 0. The van der Waals surface area contributed by atoms with Crippen LogP contribution < -0.4 is 10.1 Å². The molecule has 0 atom stereocenters. The van der Waals surface area contributed by atoms with E-state index in [1.165, 1.54) is 10.9 Å². The van der Waals surface area contributed by atoms with Crippen LogP contribution in [0.4, 0.5) is 5.69 Å². The third-order valence-corrected chi connectivity index (χ3v) is 6.37. The highest BCUT2D eigenvalue weighted by Gasteiger charge is 2.18. The van der Waals surface area contributed by atoms with Crippen molar-refractivity contribution >= 4 is 22.5 Å². The molecule has 1 fully saturated rings. The van der Waals surface area contributed by atoms with E-state index in [0.717, 1.165) is 74.8 Å². The highest BCUT2D eigenvalue weighted by Crippen LogP contribution is 2.26. The maximum Gasteiger partial charge on any atom is 0.224 e. The number of benzene rings is 2. The van der Waals surface area contributed by atoms with Gasteiger partial charge in [0.05, 0.1) is 17.8 Å². The van der Waals surface area contributed by atoms with Crippen LogP contribution in [0.2, 0.25) is 0 Å². The minimum atomic E-state index is 0.0970. The van der Waals surface area contributed by atoms with E-state index >= 15 is 0 Å². The van der Waals surface area contributed by atoms with Crippen molar-refractivity contribution in [2.24, 2.45) is 0 Å². The summed E-state index contributed by atoms with van der Waals surface area (Å²) in [5.74, 6) is 0.993. The Morgan fingerprint density at radius 3 is 2.69 bits per heavy atom. The third-order valence-electron chi connectivity index (χ3n) is 6.37. The molecule has 0 saturated carbocycles. The van der Waals surface area contributed by atoms with Gasteiger partial charge in [0.1, 0.15) is 5.75 Å². The Hall–Kier alpha value is -2.96. The summed E-state index contributed by atoms with van der Waals surface area (Å²) in [6.07, 6.45) is 2.36. The lowest BCUT2D eigenvalue weighted by Crippen LogP contribution is -2.46. The zero-order valence-electron chi connectivity index (χ0n) is 18.4. The minimum absolute atomic E-state index is 0.0970. The summed E-state index contributed by atoms with van der Waals surface area (Å²) in [7, 11) is 0. The van der Waals surface area contributed by atoms with Crippen LogP contribution in [-0.4, -0.2) is 60.0 Å². The number of hydrogen-bond acceptors (Lipinski definition) is 5. The van der Waals surface area contributed by atoms with Gasteiger partial charge in [-0.15, -0.1) is 0 Å². The van der Waals surface area contributed by atoms with Gasteiger partial charge < -0.3 is 15.0 Å². The van der Waals surface area contributed by atoms with Gasteiger partial charge in [0.15, 0.2) is 0 Å². The maximum absolute atomic E-state index is 11.5. The number of para-hydroxylation sites is 1. The number of carbonyl (C=O) groups is 1. The van der Waals surface area contributed by atoms with Gasteiger partial charge in [-0.25, -0.2) is 0 Å². The molecule has 32 heavy (non-hydrogen) atoms. The Morgan fingerprint density at radius 2 is 1.78 bits per heavy atom. The number of hydrogen-bond donors (Lipinski definition) is 1. The number of anilines is 1. The molecule has 0 aliphatic carbocycles. The number of nitrogens with zero attached hydrogens (tertiary/aromatic N) is 3. The van der Waals surface area contributed by atoms with Crippen LogP contribution in [0.15, 0.2) is 54.6 Å². The molecule has 3 aromatic rings. The van der Waals surface area contributed by atoms with Gasteiger partial charge in [-0.05, 0) is 48.7 Å². The Bertz CT molecular complexity index is 1090. The zero-order valence-corrected chi connectivity index (χ0v) is 18.4. The smallest absolute Gasteiger partial charge is 0.224 e. The van der Waals surface area contributed by atoms with Crippen LogP contribution in [0.25, 0.3) is 10.9 Å². The fourth-order valence-electron chi connectivity index (χ4n) is 4.52. The predicted molar refractivity (Wildman–Crippen MR) is 127 cm³/mol. The normalized spacial score (nSPS) is 17.2. The number of fused-ring (bicyclic) bond motifs is 2. The van der Waals surface area contributed by atoms with Crippen molar-refractivity contribution in [1.82, 2.24) is 14.8 Å². The molecule has 166 valence electrons. The van der Waals surface area contributed by atoms with E-state index in [9.17, 15) is 4.79 Å². The molecule has 1 aromatic heterocycles. The first-order valence-corrected chi connectivity index (χ1v) is 11.6. The Labute approximate surface area is 189 Å². The van der Waals surface area contributed by atoms with Crippen molar-refractivity contribution in [2.75, 3.05) is 44.6 Å². The van der Waals surface area contributed by atoms with Gasteiger partial charge >= 0.3 is 0 Å². The summed E-state index contributed by atoms with van der Waals surface area (Å²) < 4.78 is 5.97. The van der Waals surface area contributed by atoms with E-state index in [2.05, 4.69) is 51.5 Å². The molecule has 6 heteroatoms. The molecule has 0 spiro atoms. The Kier molecular flexibility index (Phi) is 6.32. The van der Waals surface area contributed by atoms with Crippen molar-refractivity contribution in [1.29, 1.82) is 0 Å². The van der Waals surface area contributed by atoms with Crippen molar-refractivity contribution in [2.45, 2.75) is 25.8 Å². The average molecular weight is 431 g/mol. The number of nitrogens with one attached hydrogen (secondary N) is 1. The molecule has 0 radical (unpaired) electrons. The van der Waals surface area contributed by atoms with Gasteiger partial charge in [0, 0.05) is 56.8 Å². The zero-order chi connectivity index (χ0) is 21.8. The molecule has 2 aliphatic heterocycles. The van der Waals surface area contributed by atoms with Gasteiger partial charge in [-0.1, -0.05) is 24.3 Å². The van der Waals surface area contributed by atoms with E-state index in [1.807, 2.05) is 18.2 Å². The summed E-state index contributed by atoms with van der Waals surface area (Å²) in [6, 6.07) is 18.6. The number of rotatable bonds is 7. The van der Waals surface area contributed by atoms with Gasteiger partial charge in [0.2, 0.25) is 5.91 Å². The molecular weight excluding hydrogens is 400 g/mol. The first-order chi connectivity index (χ1) is 15.7. The van der Waals surface area contributed by atoms with Gasteiger partial charge in [-0.3, -0.25) is 14.7 Å². The van der Waals surface area contributed by atoms with Gasteiger partial charge in [-0.2, -0.15) is 0 Å². The molecule has 0 unspecified atom stereocenters. The van der Waals surface area contributed by atoms with Crippen LogP contribution in [0.1, 0.15) is 24.1 Å². The largest absolute Gasteiger partial charge is 0.494 e. The van der Waals surface area contributed by atoms with E-state index < -0.39 is 0 Å². The van der Waals surface area contributed by atoms with Crippen LogP contribution in [0, 0.1) is 0 Å². The lowest BCUT2D eigenvalue weighted by atomic mass is 10.0. The second-order valence-electron chi connectivity index (χ2n) is 8.68. The molecule has 2 aliphatic rings. The first kappa shape index (κ1) is 20.9. The molecular formula is C26H30N4O2. The highest BCUT2D eigenvalue weighted by molar-refractivity contribution is 5.94. The first-order valence-electron chi connectivity index (χ1n) is 11.6. The Morgan fingerprint density at radius 1 is 0.938 bits per heavy atom. The molecule has 0 bridgehead atoms. The summed E-state index contributed by atoms with van der Waals surface area (Å²) in [5, 5.41) is 4.11. The van der Waals surface area contributed by atoms with E-state index in [0.29, 0.717) is 13.0 Å². The quantitative estimate of drug-likeness (QED) is 0.579. The molecule has 5 rings (SSSR count). The third kappa shape index (κ3) is 5.09. The second-order valence-corrected chi connectivity index (χ2v) is 8.68. The van der Waals surface area contributed by atoms with Crippen LogP contribution >= 0.6 is 0 Å². The number of ether oxygens (including phenoxy) is 1. The fourth-order valence-corrected chi connectivity index (χ4v) is 4.52. The number of aryl methyl sites for hydroxylation is 1. The second kappa shape index (κ2) is 9.67. The van der Waals surface area contributed by atoms with Crippen molar-refractivity contribution in [3.63, 3.8) is 0 Å². The van der Waals surface area contributed by atoms with Crippen LogP contribution in [-0.2, 0) is 17.8 Å². The summed E-state index contributed by atoms with van der Waals surface area (Å²) in [4.78, 5) is 21.3. The standard InChI is InChI=1S/C26H30N4O2/c31-26-11-7-21-18-23(9-10-25(21)28-26)32-17-3-12-29-13-15-30(16-14-29)19-22-8-6-20-4-1-2-5-24(20)27-22/h1-2,4-6,8-10,18H,3,7,11-17,19H2,(H,28,31). The van der Waals surface area contributed by atoms with Gasteiger partial charge in [0.25, 0.3) is 0 Å². The molecule has 1 amide bonds. The number of pyridine rings is 1. The van der Waals surface area contributed by atoms with Crippen LogP contribution in [0.5, 0.6) is 5.75 Å². The Balaban J connectivity index is 1.03.